The molecule has 10 nitrogen and oxygen atoms in total. The van der Waals surface area contributed by atoms with Crippen LogP contribution < -0.4 is 5.32 Å². The Bertz CT molecular complexity index is 650. The van der Waals surface area contributed by atoms with Crippen molar-refractivity contribution in [3.8, 4) is 0 Å². The SMILES string of the molecule is CC(=O)N[C@]12C[C@H]3O[C@H](O[C@H]([C@H]3OC(C)=O)[C@H]1OC(C)=O)[C@H]2OC(C)=O. The number of ether oxygens (including phenoxy) is 5. The number of hydrogen-bond acceptors (Lipinski definition) is 9. The van der Waals surface area contributed by atoms with Crippen molar-refractivity contribution >= 4 is 23.8 Å². The lowest BCUT2D eigenvalue weighted by Gasteiger charge is -2.63. The zero-order valence-corrected chi connectivity index (χ0v) is 14.8. The van der Waals surface area contributed by atoms with Crippen molar-refractivity contribution in [2.45, 2.75) is 76.5 Å². The van der Waals surface area contributed by atoms with Gasteiger partial charge in [0.1, 0.15) is 17.7 Å². The molecule has 4 bridgehead atoms. The summed E-state index contributed by atoms with van der Waals surface area (Å²) in [7, 11) is 0. The molecule has 0 unspecified atom stereocenters. The molecular formula is C16H21NO9. The van der Waals surface area contributed by atoms with E-state index in [4.69, 9.17) is 23.7 Å². The number of rotatable bonds is 4. The number of carbonyl (C=O) groups excluding carboxylic acids is 4. The molecule has 1 aliphatic carbocycles. The smallest absolute Gasteiger partial charge is 0.303 e. The highest BCUT2D eigenvalue weighted by Crippen LogP contribution is 2.50. The predicted molar refractivity (Wildman–Crippen MR) is 81.4 cm³/mol. The van der Waals surface area contributed by atoms with E-state index >= 15 is 0 Å². The zero-order valence-electron chi connectivity index (χ0n) is 14.8. The summed E-state index contributed by atoms with van der Waals surface area (Å²) in [5.74, 6) is -2.15. The van der Waals surface area contributed by atoms with Crippen LogP contribution in [-0.2, 0) is 42.9 Å². The number of hydrogen-bond donors (Lipinski definition) is 1. The molecule has 0 aromatic rings. The van der Waals surface area contributed by atoms with E-state index in [-0.39, 0.29) is 6.42 Å². The van der Waals surface area contributed by atoms with Crippen LogP contribution in [0.2, 0.25) is 0 Å². The molecule has 0 spiro atoms. The van der Waals surface area contributed by atoms with Gasteiger partial charge in [0.2, 0.25) is 5.91 Å². The molecule has 0 aromatic heterocycles. The Hall–Kier alpha value is -2.20. The Morgan fingerprint density at radius 1 is 0.885 bits per heavy atom. The Kier molecular flexibility index (Phi) is 4.65. The lowest BCUT2D eigenvalue weighted by molar-refractivity contribution is -0.400. The van der Waals surface area contributed by atoms with Gasteiger partial charge >= 0.3 is 17.9 Å². The van der Waals surface area contributed by atoms with E-state index in [1.165, 1.54) is 27.7 Å². The van der Waals surface area contributed by atoms with E-state index in [2.05, 4.69) is 5.32 Å². The molecule has 4 rings (SSSR count). The van der Waals surface area contributed by atoms with Crippen molar-refractivity contribution < 1.29 is 42.9 Å². The third-order valence-corrected chi connectivity index (χ3v) is 4.69. The predicted octanol–water partition coefficient (Wildman–Crippen LogP) is -0.816. The van der Waals surface area contributed by atoms with Gasteiger partial charge in [0, 0.05) is 34.1 Å². The van der Waals surface area contributed by atoms with Crippen molar-refractivity contribution in [2.24, 2.45) is 0 Å². The van der Waals surface area contributed by atoms with Gasteiger partial charge in [-0.1, -0.05) is 0 Å². The number of esters is 3. The molecule has 4 aliphatic rings. The van der Waals surface area contributed by atoms with E-state index in [9.17, 15) is 19.2 Å². The first-order valence-corrected chi connectivity index (χ1v) is 8.25. The minimum Gasteiger partial charge on any atom is -0.457 e. The van der Waals surface area contributed by atoms with Crippen LogP contribution in [0.3, 0.4) is 0 Å². The summed E-state index contributed by atoms with van der Waals surface area (Å²) in [5, 5.41) is 2.78. The second kappa shape index (κ2) is 6.51. The van der Waals surface area contributed by atoms with Crippen LogP contribution in [0.25, 0.3) is 0 Å². The quantitative estimate of drug-likeness (QED) is 0.498. The van der Waals surface area contributed by atoms with Gasteiger partial charge in [0.15, 0.2) is 24.6 Å². The first-order chi connectivity index (χ1) is 12.1. The highest BCUT2D eigenvalue weighted by molar-refractivity contribution is 5.75. The van der Waals surface area contributed by atoms with Gasteiger partial charge in [-0.2, -0.15) is 0 Å². The molecule has 3 heterocycles. The van der Waals surface area contributed by atoms with Gasteiger partial charge in [-0.05, 0) is 0 Å². The Morgan fingerprint density at radius 2 is 1.46 bits per heavy atom. The molecule has 144 valence electrons. The van der Waals surface area contributed by atoms with E-state index in [0.717, 1.165) is 0 Å². The van der Waals surface area contributed by atoms with Crippen LogP contribution in [0.15, 0.2) is 0 Å². The first-order valence-electron chi connectivity index (χ1n) is 8.25. The molecule has 3 aliphatic heterocycles. The summed E-state index contributed by atoms with van der Waals surface area (Å²) < 4.78 is 27.6. The Morgan fingerprint density at radius 3 is 2.00 bits per heavy atom. The van der Waals surface area contributed by atoms with Crippen molar-refractivity contribution in [1.29, 1.82) is 0 Å². The molecule has 10 heteroatoms. The lowest BCUT2D eigenvalue weighted by Crippen LogP contribution is -2.84. The zero-order chi connectivity index (χ0) is 19.2. The van der Waals surface area contributed by atoms with Crippen LogP contribution in [-0.4, -0.2) is 66.2 Å². The number of nitrogens with one attached hydrogen (secondary N) is 1. The van der Waals surface area contributed by atoms with Crippen molar-refractivity contribution in [3.05, 3.63) is 0 Å². The van der Waals surface area contributed by atoms with Crippen LogP contribution in [0.4, 0.5) is 0 Å². The van der Waals surface area contributed by atoms with E-state index in [1.807, 2.05) is 0 Å². The minimum absolute atomic E-state index is 0.122. The highest BCUT2D eigenvalue weighted by atomic mass is 16.8. The summed E-state index contributed by atoms with van der Waals surface area (Å²) in [6.45, 7) is 4.98. The molecule has 3 saturated heterocycles. The van der Waals surface area contributed by atoms with Gasteiger partial charge in [-0.25, -0.2) is 0 Å². The third-order valence-electron chi connectivity index (χ3n) is 4.69. The number of amides is 1. The maximum atomic E-state index is 11.9. The Balaban J connectivity index is 2.04. The van der Waals surface area contributed by atoms with E-state index in [0.29, 0.717) is 0 Å². The van der Waals surface area contributed by atoms with Crippen molar-refractivity contribution in [1.82, 2.24) is 5.32 Å². The monoisotopic (exact) mass is 371 g/mol. The van der Waals surface area contributed by atoms with Gasteiger partial charge < -0.3 is 29.0 Å². The minimum atomic E-state index is -1.24. The lowest BCUT2D eigenvalue weighted by atomic mass is 9.67. The maximum absolute atomic E-state index is 11.9. The normalized spacial score (nSPS) is 39.8. The second-order valence-electron chi connectivity index (χ2n) is 6.70. The second-order valence-corrected chi connectivity index (χ2v) is 6.70. The maximum Gasteiger partial charge on any atom is 0.303 e. The average molecular weight is 371 g/mol. The summed E-state index contributed by atoms with van der Waals surface area (Å²) in [5.41, 5.74) is -1.24. The van der Waals surface area contributed by atoms with Gasteiger partial charge in [-0.15, -0.1) is 0 Å². The molecule has 4 fully saturated rings. The fourth-order valence-electron chi connectivity index (χ4n) is 4.09. The number of carbonyl (C=O) groups is 4. The van der Waals surface area contributed by atoms with Crippen molar-refractivity contribution in [2.75, 3.05) is 0 Å². The summed E-state index contributed by atoms with van der Waals surface area (Å²) in [6.07, 6.45) is -5.17. The third kappa shape index (κ3) is 3.03. The van der Waals surface area contributed by atoms with Crippen LogP contribution in [0.1, 0.15) is 34.1 Å². The topological polar surface area (TPSA) is 126 Å². The molecular weight excluding hydrogens is 350 g/mol. The van der Waals surface area contributed by atoms with Crippen LogP contribution in [0, 0.1) is 0 Å². The molecule has 7 atom stereocenters. The van der Waals surface area contributed by atoms with E-state index in [1.54, 1.807) is 0 Å². The van der Waals surface area contributed by atoms with E-state index < -0.39 is 66.2 Å². The highest BCUT2D eigenvalue weighted by Gasteiger charge is 2.72. The average Bonchev–Trinajstić information content (AvgIpc) is 2.47. The van der Waals surface area contributed by atoms with Gasteiger partial charge in [0.25, 0.3) is 0 Å². The molecule has 1 saturated carbocycles. The van der Waals surface area contributed by atoms with Crippen molar-refractivity contribution in [3.63, 3.8) is 0 Å². The standard InChI is InChI=1S/C16H21NO9/c1-6(18)17-16-5-10-11(22-7(2)19)12(13(16)23-8(3)20)26-15(25-10)14(16)24-9(4)21/h10-15H,5H2,1-4H3,(H,17,18)/t10-,11+,12-,13-,14-,15-,16-/m1/s1. The Labute approximate surface area is 149 Å². The fourth-order valence-corrected chi connectivity index (χ4v) is 4.09. The van der Waals surface area contributed by atoms with Crippen LogP contribution in [0.5, 0.6) is 0 Å². The largest absolute Gasteiger partial charge is 0.457 e. The molecule has 0 aromatic carbocycles. The van der Waals surface area contributed by atoms with Gasteiger partial charge in [0.05, 0.1) is 0 Å². The van der Waals surface area contributed by atoms with Gasteiger partial charge in [-0.3, -0.25) is 19.2 Å². The molecule has 1 N–H and O–H groups in total. The summed E-state index contributed by atoms with van der Waals surface area (Å²) in [6, 6.07) is 0. The van der Waals surface area contributed by atoms with Crippen LogP contribution >= 0.6 is 0 Å². The molecule has 0 radical (unpaired) electrons. The first kappa shape index (κ1) is 18.6. The molecule has 26 heavy (non-hydrogen) atoms. The molecule has 1 amide bonds. The summed E-state index contributed by atoms with van der Waals surface area (Å²) in [4.78, 5) is 46.6. The fraction of sp³-hybridized carbons (Fsp3) is 0.750. The summed E-state index contributed by atoms with van der Waals surface area (Å²) >= 11 is 0.